The Hall–Kier alpha value is -2.82. The lowest BCUT2D eigenvalue weighted by Crippen LogP contribution is -2.35. The first-order valence-electron chi connectivity index (χ1n) is 10.7. The van der Waals surface area contributed by atoms with Gasteiger partial charge in [0, 0.05) is 24.3 Å². The van der Waals surface area contributed by atoms with Crippen LogP contribution in [0.4, 0.5) is 11.4 Å². The Morgan fingerprint density at radius 3 is 2.50 bits per heavy atom. The Bertz CT molecular complexity index is 898. The van der Waals surface area contributed by atoms with E-state index in [1.54, 1.807) is 0 Å². The number of anilines is 2. The van der Waals surface area contributed by atoms with Crippen LogP contribution in [0.25, 0.3) is 0 Å². The Labute approximate surface area is 179 Å². The summed E-state index contributed by atoms with van der Waals surface area (Å²) in [6, 6.07) is 13.6. The minimum Gasteiger partial charge on any atom is -0.484 e. The van der Waals surface area contributed by atoms with Gasteiger partial charge in [0.1, 0.15) is 5.75 Å². The van der Waals surface area contributed by atoms with Gasteiger partial charge in [-0.05, 0) is 59.7 Å². The molecule has 1 heterocycles. The zero-order valence-corrected chi connectivity index (χ0v) is 18.5. The van der Waals surface area contributed by atoms with E-state index in [0.717, 1.165) is 36.3 Å². The molecule has 0 aromatic heterocycles. The minimum atomic E-state index is -0.204. The Balaban J connectivity index is 1.59. The lowest BCUT2D eigenvalue weighted by atomic mass is 9.87. The normalized spacial score (nSPS) is 13.7. The van der Waals surface area contributed by atoms with Gasteiger partial charge >= 0.3 is 0 Å². The maximum atomic E-state index is 12.3. The van der Waals surface area contributed by atoms with Crippen LogP contribution in [0, 0.1) is 0 Å². The molecule has 0 atom stereocenters. The SMILES string of the molecule is CCCCN1C(=O)CCc2cc(NC(=O)COc3ccc(C(C)(C)C)cc3)ccc21. The van der Waals surface area contributed by atoms with Crippen molar-refractivity contribution < 1.29 is 14.3 Å². The summed E-state index contributed by atoms with van der Waals surface area (Å²) in [6.07, 6.45) is 3.25. The third-order valence-corrected chi connectivity index (χ3v) is 5.39. The smallest absolute Gasteiger partial charge is 0.262 e. The number of nitrogens with one attached hydrogen (secondary N) is 1. The van der Waals surface area contributed by atoms with Gasteiger partial charge in [0.25, 0.3) is 5.91 Å². The zero-order chi connectivity index (χ0) is 21.7. The van der Waals surface area contributed by atoms with Crippen molar-refractivity contribution in [1.29, 1.82) is 0 Å². The minimum absolute atomic E-state index is 0.0486. The standard InChI is InChI=1S/C25H32N2O3/c1-5-6-15-27-22-13-10-20(16-18(22)7-14-24(27)29)26-23(28)17-30-21-11-8-19(9-12-21)25(2,3)4/h8-13,16H,5-7,14-15,17H2,1-4H3,(H,26,28). The third-order valence-electron chi connectivity index (χ3n) is 5.39. The summed E-state index contributed by atoms with van der Waals surface area (Å²) in [6.45, 7) is 9.30. The van der Waals surface area contributed by atoms with Gasteiger partial charge in [0.05, 0.1) is 0 Å². The Morgan fingerprint density at radius 2 is 1.83 bits per heavy atom. The van der Waals surface area contributed by atoms with E-state index in [1.807, 2.05) is 47.4 Å². The highest BCUT2D eigenvalue weighted by molar-refractivity contribution is 5.97. The van der Waals surface area contributed by atoms with Crippen LogP contribution < -0.4 is 15.0 Å². The summed E-state index contributed by atoms with van der Waals surface area (Å²) in [5.41, 5.74) is 4.10. The van der Waals surface area contributed by atoms with Gasteiger partial charge < -0.3 is 15.0 Å². The molecular weight excluding hydrogens is 376 g/mol. The van der Waals surface area contributed by atoms with Crippen molar-refractivity contribution in [3.63, 3.8) is 0 Å². The van der Waals surface area contributed by atoms with Crippen LogP contribution in [0.1, 0.15) is 58.1 Å². The topological polar surface area (TPSA) is 58.6 Å². The maximum absolute atomic E-state index is 12.3. The first-order chi connectivity index (χ1) is 14.3. The van der Waals surface area contributed by atoms with Crippen molar-refractivity contribution in [2.45, 2.75) is 58.8 Å². The average Bonchev–Trinajstić information content (AvgIpc) is 2.71. The monoisotopic (exact) mass is 408 g/mol. The van der Waals surface area contributed by atoms with Crippen LogP contribution in [0.15, 0.2) is 42.5 Å². The van der Waals surface area contributed by atoms with Gasteiger partial charge in [0.15, 0.2) is 6.61 Å². The number of hydrogen-bond acceptors (Lipinski definition) is 3. The van der Waals surface area contributed by atoms with Gasteiger partial charge in [-0.15, -0.1) is 0 Å². The molecule has 5 heteroatoms. The van der Waals surface area contributed by atoms with Crippen molar-refractivity contribution in [2.24, 2.45) is 0 Å². The molecule has 0 unspecified atom stereocenters. The molecular formula is C25H32N2O3. The van der Waals surface area contributed by atoms with Gasteiger partial charge in [-0.3, -0.25) is 9.59 Å². The lowest BCUT2D eigenvalue weighted by Gasteiger charge is -2.29. The summed E-state index contributed by atoms with van der Waals surface area (Å²) in [5.74, 6) is 0.650. The Kier molecular flexibility index (Phi) is 6.80. The summed E-state index contributed by atoms with van der Waals surface area (Å²) in [7, 11) is 0. The molecule has 0 saturated heterocycles. The van der Waals surface area contributed by atoms with Crippen molar-refractivity contribution in [2.75, 3.05) is 23.4 Å². The van der Waals surface area contributed by atoms with E-state index in [-0.39, 0.29) is 23.8 Å². The first-order valence-corrected chi connectivity index (χ1v) is 10.7. The summed E-state index contributed by atoms with van der Waals surface area (Å²) in [5, 5.41) is 2.90. The van der Waals surface area contributed by atoms with Crippen LogP contribution in [-0.4, -0.2) is 25.0 Å². The van der Waals surface area contributed by atoms with E-state index in [9.17, 15) is 9.59 Å². The third kappa shape index (κ3) is 5.41. The number of aryl methyl sites for hydroxylation is 1. The Morgan fingerprint density at radius 1 is 1.10 bits per heavy atom. The van der Waals surface area contributed by atoms with Crippen molar-refractivity contribution in [3.8, 4) is 5.75 Å². The number of hydrogen-bond donors (Lipinski definition) is 1. The average molecular weight is 409 g/mol. The molecule has 1 N–H and O–H groups in total. The van der Waals surface area contributed by atoms with Crippen LogP contribution in [0.2, 0.25) is 0 Å². The highest BCUT2D eigenvalue weighted by Crippen LogP contribution is 2.30. The fraction of sp³-hybridized carbons (Fsp3) is 0.440. The fourth-order valence-corrected chi connectivity index (χ4v) is 3.60. The number of unbranched alkanes of at least 4 members (excludes halogenated alkanes) is 1. The van der Waals surface area contributed by atoms with Crippen molar-refractivity contribution in [3.05, 3.63) is 53.6 Å². The highest BCUT2D eigenvalue weighted by Gasteiger charge is 2.24. The number of carbonyl (C=O) groups is 2. The first kappa shape index (κ1) is 21.9. The number of fused-ring (bicyclic) bond motifs is 1. The number of carbonyl (C=O) groups excluding carboxylic acids is 2. The largest absolute Gasteiger partial charge is 0.484 e. The van der Waals surface area contributed by atoms with E-state index in [2.05, 4.69) is 33.0 Å². The molecule has 0 aliphatic carbocycles. The van der Waals surface area contributed by atoms with Gasteiger partial charge in [-0.25, -0.2) is 0 Å². The van der Waals surface area contributed by atoms with Crippen molar-refractivity contribution >= 4 is 23.2 Å². The van der Waals surface area contributed by atoms with Gasteiger partial charge in [-0.2, -0.15) is 0 Å². The molecule has 2 amide bonds. The van der Waals surface area contributed by atoms with Gasteiger partial charge in [-0.1, -0.05) is 46.2 Å². The quantitative estimate of drug-likeness (QED) is 0.695. The molecule has 30 heavy (non-hydrogen) atoms. The van der Waals surface area contributed by atoms with Crippen LogP contribution >= 0.6 is 0 Å². The molecule has 0 spiro atoms. The second kappa shape index (κ2) is 9.33. The molecule has 160 valence electrons. The number of benzene rings is 2. The van der Waals surface area contributed by atoms with Crippen molar-refractivity contribution in [1.82, 2.24) is 0 Å². The number of ether oxygens (including phenoxy) is 1. The highest BCUT2D eigenvalue weighted by atomic mass is 16.5. The fourth-order valence-electron chi connectivity index (χ4n) is 3.60. The molecule has 3 rings (SSSR count). The van der Waals surface area contributed by atoms with E-state index in [4.69, 9.17) is 4.74 Å². The second-order valence-electron chi connectivity index (χ2n) is 8.85. The zero-order valence-electron chi connectivity index (χ0n) is 18.5. The molecule has 0 fully saturated rings. The van der Waals surface area contributed by atoms with Gasteiger partial charge in [0.2, 0.25) is 5.91 Å². The molecule has 0 bridgehead atoms. The second-order valence-corrected chi connectivity index (χ2v) is 8.85. The van der Waals surface area contributed by atoms with Crippen LogP contribution in [0.5, 0.6) is 5.75 Å². The number of nitrogens with zero attached hydrogens (tertiary/aromatic N) is 1. The molecule has 1 aliphatic heterocycles. The molecule has 2 aromatic rings. The van der Waals surface area contributed by atoms with E-state index >= 15 is 0 Å². The molecule has 1 aliphatic rings. The van der Waals surface area contributed by atoms with E-state index < -0.39 is 0 Å². The molecule has 0 radical (unpaired) electrons. The number of rotatable bonds is 7. The van der Waals surface area contributed by atoms with E-state index in [0.29, 0.717) is 18.6 Å². The van der Waals surface area contributed by atoms with E-state index in [1.165, 1.54) is 5.56 Å². The molecule has 0 saturated carbocycles. The van der Waals surface area contributed by atoms with Crippen LogP contribution in [0.3, 0.4) is 0 Å². The number of amides is 2. The predicted octanol–water partition coefficient (Wildman–Crippen LogP) is 5.08. The lowest BCUT2D eigenvalue weighted by molar-refractivity contribution is -0.119. The predicted molar refractivity (Wildman–Crippen MR) is 121 cm³/mol. The van der Waals surface area contributed by atoms with Crippen LogP contribution in [-0.2, 0) is 21.4 Å². The maximum Gasteiger partial charge on any atom is 0.262 e. The summed E-state index contributed by atoms with van der Waals surface area (Å²) >= 11 is 0. The molecule has 5 nitrogen and oxygen atoms in total. The summed E-state index contributed by atoms with van der Waals surface area (Å²) in [4.78, 5) is 26.5. The summed E-state index contributed by atoms with van der Waals surface area (Å²) < 4.78 is 5.63. The molecule has 2 aromatic carbocycles.